The minimum absolute atomic E-state index is 0.694. The van der Waals surface area contributed by atoms with Crippen molar-refractivity contribution in [2.75, 3.05) is 11.9 Å². The minimum atomic E-state index is 0.694. The summed E-state index contributed by atoms with van der Waals surface area (Å²) in [4.78, 5) is 4.74. The van der Waals surface area contributed by atoms with Crippen LogP contribution < -0.4 is 5.32 Å². The zero-order valence-corrected chi connectivity index (χ0v) is 10.4. The number of hydrogen-bond donors (Lipinski definition) is 1. The molecular formula is C11H16BrN3. The average molecular weight is 270 g/mol. The molecule has 1 aromatic heterocycles. The summed E-state index contributed by atoms with van der Waals surface area (Å²) in [5.74, 6) is 1.76. The maximum absolute atomic E-state index is 4.74. The Morgan fingerprint density at radius 3 is 2.80 bits per heavy atom. The molecule has 1 aliphatic carbocycles. The van der Waals surface area contributed by atoms with Crippen molar-refractivity contribution in [1.29, 1.82) is 0 Å². The van der Waals surface area contributed by atoms with Crippen molar-refractivity contribution < 1.29 is 0 Å². The molecule has 2 heterocycles. The molecule has 2 aliphatic rings. The van der Waals surface area contributed by atoms with Crippen LogP contribution in [0.3, 0.4) is 0 Å². The first-order chi connectivity index (χ1) is 7.36. The summed E-state index contributed by atoms with van der Waals surface area (Å²) in [6, 6.07) is 0. The predicted octanol–water partition coefficient (Wildman–Crippen LogP) is 3.12. The first kappa shape index (κ1) is 9.70. The number of nitrogens with one attached hydrogen (secondary N) is 1. The molecule has 15 heavy (non-hydrogen) atoms. The third kappa shape index (κ3) is 1.59. The van der Waals surface area contributed by atoms with Gasteiger partial charge in [0, 0.05) is 19.0 Å². The van der Waals surface area contributed by atoms with Crippen molar-refractivity contribution in [2.45, 2.75) is 44.6 Å². The highest BCUT2D eigenvalue weighted by Gasteiger charge is 2.26. The molecule has 0 bridgehead atoms. The lowest BCUT2D eigenvalue weighted by Gasteiger charge is -2.15. The number of halogens is 1. The Hall–Kier alpha value is -0.510. The normalized spacial score (nSPS) is 21.4. The van der Waals surface area contributed by atoms with Crippen LogP contribution in [0.25, 0.3) is 0 Å². The third-order valence-corrected chi connectivity index (χ3v) is 4.35. The predicted molar refractivity (Wildman–Crippen MR) is 64.2 cm³/mol. The number of aromatic nitrogens is 2. The molecule has 0 spiro atoms. The second-order valence-corrected chi connectivity index (χ2v) is 5.28. The first-order valence-electron chi connectivity index (χ1n) is 5.86. The van der Waals surface area contributed by atoms with E-state index in [-0.39, 0.29) is 0 Å². The fourth-order valence-corrected chi connectivity index (χ4v) is 3.44. The van der Waals surface area contributed by atoms with E-state index in [0.29, 0.717) is 5.92 Å². The summed E-state index contributed by atoms with van der Waals surface area (Å²) >= 11 is 3.71. The number of imidazole rings is 1. The van der Waals surface area contributed by atoms with Crippen molar-refractivity contribution in [3.8, 4) is 0 Å². The third-order valence-electron chi connectivity index (χ3n) is 3.51. The Bertz CT molecular complexity index is 366. The number of anilines is 1. The molecule has 1 aromatic rings. The largest absolute Gasteiger partial charge is 0.356 e. The molecule has 3 nitrogen and oxygen atoms in total. The molecule has 0 radical (unpaired) electrons. The van der Waals surface area contributed by atoms with Crippen molar-refractivity contribution in [1.82, 2.24) is 9.55 Å². The quantitative estimate of drug-likeness (QED) is 0.849. The highest BCUT2D eigenvalue weighted by atomic mass is 79.9. The van der Waals surface area contributed by atoms with E-state index in [4.69, 9.17) is 4.98 Å². The molecule has 1 fully saturated rings. The molecule has 0 aromatic carbocycles. The van der Waals surface area contributed by atoms with Gasteiger partial charge in [-0.1, -0.05) is 12.8 Å². The van der Waals surface area contributed by atoms with Crippen molar-refractivity contribution >= 4 is 21.9 Å². The maximum atomic E-state index is 4.74. The smallest absolute Gasteiger partial charge is 0.203 e. The van der Waals surface area contributed by atoms with Crippen LogP contribution in [0, 0.1) is 0 Å². The van der Waals surface area contributed by atoms with Gasteiger partial charge >= 0.3 is 0 Å². The van der Waals surface area contributed by atoms with Crippen molar-refractivity contribution in [3.63, 3.8) is 0 Å². The summed E-state index contributed by atoms with van der Waals surface area (Å²) in [5, 5.41) is 3.37. The summed E-state index contributed by atoms with van der Waals surface area (Å²) < 4.78 is 3.49. The molecule has 82 valence electrons. The second kappa shape index (κ2) is 3.81. The molecule has 0 unspecified atom stereocenters. The zero-order valence-electron chi connectivity index (χ0n) is 8.80. The van der Waals surface area contributed by atoms with Gasteiger partial charge in [0.2, 0.25) is 5.95 Å². The second-order valence-electron chi connectivity index (χ2n) is 4.52. The van der Waals surface area contributed by atoms with Gasteiger partial charge in [-0.3, -0.25) is 0 Å². The van der Waals surface area contributed by atoms with Crippen LogP contribution in [0.1, 0.15) is 43.7 Å². The lowest BCUT2D eigenvalue weighted by molar-refractivity contribution is 0.615. The molecule has 1 N–H and O–H groups in total. The van der Waals surface area contributed by atoms with Crippen LogP contribution in [-0.4, -0.2) is 16.1 Å². The van der Waals surface area contributed by atoms with Crippen LogP contribution in [-0.2, 0) is 6.54 Å². The zero-order chi connectivity index (χ0) is 10.3. The van der Waals surface area contributed by atoms with E-state index in [9.17, 15) is 0 Å². The molecular weight excluding hydrogens is 254 g/mol. The molecule has 3 rings (SSSR count). The monoisotopic (exact) mass is 269 g/mol. The molecule has 4 heteroatoms. The van der Waals surface area contributed by atoms with Crippen molar-refractivity contribution in [2.24, 2.45) is 0 Å². The minimum Gasteiger partial charge on any atom is -0.356 e. The number of rotatable bonds is 1. The molecule has 1 aliphatic heterocycles. The molecule has 0 saturated heterocycles. The molecule has 0 amide bonds. The number of fused-ring (bicyclic) bond motifs is 1. The first-order valence-corrected chi connectivity index (χ1v) is 6.65. The van der Waals surface area contributed by atoms with Gasteiger partial charge in [0.25, 0.3) is 0 Å². The SMILES string of the molecule is Brc1c(C2CCCC2)nc2n1CCCN2. The van der Waals surface area contributed by atoms with Gasteiger partial charge in [0.15, 0.2) is 0 Å². The van der Waals surface area contributed by atoms with Crippen LogP contribution in [0.5, 0.6) is 0 Å². The molecule has 1 saturated carbocycles. The Labute approximate surface area is 98.4 Å². The van der Waals surface area contributed by atoms with E-state index in [0.717, 1.165) is 19.0 Å². The summed E-state index contributed by atoms with van der Waals surface area (Å²) in [6.45, 7) is 2.16. The lowest BCUT2D eigenvalue weighted by Crippen LogP contribution is -2.17. The number of nitrogens with zero attached hydrogens (tertiary/aromatic N) is 2. The van der Waals surface area contributed by atoms with E-state index in [2.05, 4.69) is 25.8 Å². The Morgan fingerprint density at radius 2 is 2.07 bits per heavy atom. The van der Waals surface area contributed by atoms with Gasteiger partial charge in [-0.25, -0.2) is 4.98 Å². The number of hydrogen-bond acceptors (Lipinski definition) is 2. The fraction of sp³-hybridized carbons (Fsp3) is 0.727. The highest BCUT2D eigenvalue weighted by Crippen LogP contribution is 2.38. The van der Waals surface area contributed by atoms with Crippen LogP contribution in [0.2, 0.25) is 0 Å². The van der Waals surface area contributed by atoms with E-state index in [1.54, 1.807) is 0 Å². The van der Waals surface area contributed by atoms with Gasteiger partial charge in [-0.15, -0.1) is 0 Å². The van der Waals surface area contributed by atoms with Gasteiger partial charge in [-0.2, -0.15) is 0 Å². The highest BCUT2D eigenvalue weighted by molar-refractivity contribution is 9.10. The van der Waals surface area contributed by atoms with E-state index >= 15 is 0 Å². The molecule has 0 atom stereocenters. The lowest BCUT2D eigenvalue weighted by atomic mass is 10.1. The van der Waals surface area contributed by atoms with Crippen LogP contribution in [0.15, 0.2) is 4.60 Å². The van der Waals surface area contributed by atoms with Crippen molar-refractivity contribution in [3.05, 3.63) is 10.3 Å². The Kier molecular flexibility index (Phi) is 2.47. The van der Waals surface area contributed by atoms with E-state index in [1.807, 2.05) is 0 Å². The topological polar surface area (TPSA) is 29.9 Å². The maximum Gasteiger partial charge on any atom is 0.203 e. The van der Waals surface area contributed by atoms with Crippen LogP contribution >= 0.6 is 15.9 Å². The summed E-state index contributed by atoms with van der Waals surface area (Å²) in [7, 11) is 0. The Morgan fingerprint density at radius 1 is 1.27 bits per heavy atom. The summed E-state index contributed by atoms with van der Waals surface area (Å²) in [5.41, 5.74) is 1.29. The van der Waals surface area contributed by atoms with E-state index < -0.39 is 0 Å². The van der Waals surface area contributed by atoms with Gasteiger partial charge < -0.3 is 9.88 Å². The average Bonchev–Trinajstić information content (AvgIpc) is 2.87. The van der Waals surface area contributed by atoms with E-state index in [1.165, 1.54) is 42.4 Å². The van der Waals surface area contributed by atoms with Gasteiger partial charge in [0.1, 0.15) is 4.60 Å². The van der Waals surface area contributed by atoms with Gasteiger partial charge in [-0.05, 0) is 35.2 Å². The standard InChI is InChI=1S/C11H16BrN3/c12-10-9(8-4-1-2-5-8)14-11-13-6-3-7-15(10)11/h8H,1-7H2,(H,13,14). The summed E-state index contributed by atoms with van der Waals surface area (Å²) in [6.07, 6.45) is 6.57. The van der Waals surface area contributed by atoms with Gasteiger partial charge in [0.05, 0.1) is 5.69 Å². The van der Waals surface area contributed by atoms with Crippen LogP contribution in [0.4, 0.5) is 5.95 Å². The Balaban J connectivity index is 1.97. The fourth-order valence-electron chi connectivity index (χ4n) is 2.69.